The van der Waals surface area contributed by atoms with E-state index in [-0.39, 0.29) is 32.5 Å². The van der Waals surface area contributed by atoms with Crippen LogP contribution in [-0.4, -0.2) is 55.3 Å². The Morgan fingerprint density at radius 3 is 2.13 bits per heavy atom. The van der Waals surface area contributed by atoms with E-state index in [2.05, 4.69) is 60.6 Å². The lowest BCUT2D eigenvalue weighted by Gasteiger charge is -2.25. The molecule has 0 aliphatic carbocycles. The SMILES string of the molecule is CCN1C(=CC=CC2=[N+](CCCCCC(=O)Oc3c(Cl)cc(S(=O)(=O)O)cc3Cl)c3ccc(C)cc3C2(C)C)C(C)(C)c2cc(S(=O)(=O)O)ccc21. The van der Waals surface area contributed by atoms with Gasteiger partial charge in [-0.05, 0) is 88.6 Å². The van der Waals surface area contributed by atoms with Gasteiger partial charge in [-0.25, -0.2) is 0 Å². The van der Waals surface area contributed by atoms with Gasteiger partial charge in [-0.1, -0.05) is 54.8 Å². The minimum atomic E-state index is -4.53. The van der Waals surface area contributed by atoms with Gasteiger partial charge in [-0.3, -0.25) is 13.9 Å². The maximum Gasteiger partial charge on any atom is 0.311 e. The second kappa shape index (κ2) is 14.7. The topological polar surface area (TPSA) is 141 Å². The molecule has 0 saturated heterocycles. The third-order valence-corrected chi connectivity index (χ3v) is 12.0. The van der Waals surface area contributed by atoms with Crippen molar-refractivity contribution in [2.45, 2.75) is 87.8 Å². The highest BCUT2D eigenvalue weighted by Gasteiger charge is 2.44. The quantitative estimate of drug-likeness (QED) is 0.0607. The first-order valence-corrected chi connectivity index (χ1v) is 20.5. The third kappa shape index (κ3) is 7.88. The molecule has 0 bridgehead atoms. The molecule has 0 atom stereocenters. The van der Waals surface area contributed by atoms with Gasteiger partial charge >= 0.3 is 5.97 Å². The summed E-state index contributed by atoms with van der Waals surface area (Å²) in [6.07, 6.45) is 8.39. The predicted octanol–water partition coefficient (Wildman–Crippen LogP) is 8.60. The Kier molecular flexibility index (Phi) is 11.2. The van der Waals surface area contributed by atoms with Crippen LogP contribution in [0.4, 0.5) is 11.4 Å². The predicted molar refractivity (Wildman–Crippen MR) is 204 cm³/mol. The molecule has 2 N–H and O–H groups in total. The van der Waals surface area contributed by atoms with E-state index in [4.69, 9.17) is 27.9 Å². The van der Waals surface area contributed by atoms with Gasteiger partial charge in [0, 0.05) is 53.9 Å². The van der Waals surface area contributed by atoms with Gasteiger partial charge in [0.05, 0.1) is 25.3 Å². The number of carbonyl (C=O) groups excluding carboxylic acids is 1. The highest BCUT2D eigenvalue weighted by Crippen LogP contribution is 2.48. The Morgan fingerprint density at radius 1 is 0.865 bits per heavy atom. The Hall–Kier alpha value is -3.52. The number of unbranched alkanes of at least 4 members (excludes halogenated alkanes) is 2. The first kappa shape index (κ1) is 39.7. The van der Waals surface area contributed by atoms with Crippen LogP contribution in [0.15, 0.2) is 82.2 Å². The fourth-order valence-corrected chi connectivity index (χ4v) is 8.81. The van der Waals surface area contributed by atoms with E-state index in [9.17, 15) is 30.7 Å². The summed E-state index contributed by atoms with van der Waals surface area (Å²) in [5, 5.41) is -0.416. The van der Waals surface area contributed by atoms with Gasteiger partial charge in [-0.15, -0.1) is 0 Å². The molecule has 0 unspecified atom stereocenters. The largest absolute Gasteiger partial charge is 0.423 e. The number of esters is 1. The molecule has 2 aliphatic rings. The number of anilines is 1. The van der Waals surface area contributed by atoms with E-state index in [1.807, 2.05) is 26.8 Å². The molecule has 5 rings (SSSR count). The van der Waals surface area contributed by atoms with E-state index in [1.54, 1.807) is 12.1 Å². The number of halogens is 2. The minimum Gasteiger partial charge on any atom is -0.423 e. The number of hydrogen-bond acceptors (Lipinski definition) is 7. The van der Waals surface area contributed by atoms with Crippen molar-refractivity contribution in [1.82, 2.24) is 0 Å². The Labute approximate surface area is 315 Å². The molecular weight excluding hydrogens is 747 g/mol. The number of rotatable bonds is 12. The number of hydrogen-bond donors (Lipinski definition) is 2. The first-order valence-electron chi connectivity index (χ1n) is 16.9. The van der Waals surface area contributed by atoms with Crippen molar-refractivity contribution in [3.05, 3.63) is 99.2 Å². The molecule has 0 aromatic heterocycles. The number of fused-ring (bicyclic) bond motifs is 2. The average Bonchev–Trinajstić information content (AvgIpc) is 3.39. The molecular formula is C38H43Cl2N2O8S2+. The summed E-state index contributed by atoms with van der Waals surface area (Å²) in [5.41, 5.74) is 6.55. The third-order valence-electron chi connectivity index (χ3n) is 9.78. The van der Waals surface area contributed by atoms with Crippen LogP contribution in [0.5, 0.6) is 5.75 Å². The summed E-state index contributed by atoms with van der Waals surface area (Å²) in [6, 6.07) is 13.1. The smallest absolute Gasteiger partial charge is 0.311 e. The summed E-state index contributed by atoms with van der Waals surface area (Å²) in [7, 11) is -8.88. The molecule has 2 heterocycles. The second-order valence-corrected chi connectivity index (χ2v) is 17.8. The van der Waals surface area contributed by atoms with Gasteiger partial charge in [0.2, 0.25) is 5.69 Å². The molecule has 278 valence electrons. The minimum absolute atomic E-state index is 0.0931. The number of benzene rings is 3. The summed E-state index contributed by atoms with van der Waals surface area (Å²) in [5.74, 6) is -0.732. The fraction of sp³-hybridized carbons (Fsp3) is 0.368. The van der Waals surface area contributed by atoms with Crippen molar-refractivity contribution in [2.24, 2.45) is 0 Å². The molecule has 0 spiro atoms. The molecule has 10 nitrogen and oxygen atoms in total. The van der Waals surface area contributed by atoms with Crippen LogP contribution in [0.25, 0.3) is 0 Å². The van der Waals surface area contributed by atoms with Crippen molar-refractivity contribution in [2.75, 3.05) is 18.0 Å². The van der Waals surface area contributed by atoms with Crippen molar-refractivity contribution in [1.29, 1.82) is 0 Å². The molecule has 0 radical (unpaired) electrons. The molecule has 0 saturated carbocycles. The number of aryl methyl sites for hydroxylation is 1. The van der Waals surface area contributed by atoms with Gasteiger partial charge in [0.15, 0.2) is 11.5 Å². The lowest BCUT2D eigenvalue weighted by atomic mass is 9.80. The number of carbonyl (C=O) groups is 1. The summed E-state index contributed by atoms with van der Waals surface area (Å²) >= 11 is 12.2. The van der Waals surface area contributed by atoms with E-state index in [0.717, 1.165) is 53.3 Å². The van der Waals surface area contributed by atoms with E-state index >= 15 is 0 Å². The molecule has 14 heteroatoms. The number of nitrogens with zero attached hydrogens (tertiary/aromatic N) is 2. The van der Waals surface area contributed by atoms with Crippen LogP contribution in [0.1, 0.15) is 77.0 Å². The second-order valence-electron chi connectivity index (χ2n) is 14.1. The first-order chi connectivity index (χ1) is 24.2. The van der Waals surface area contributed by atoms with Crippen LogP contribution in [0.2, 0.25) is 10.0 Å². The standard InChI is InChI=1S/C38H42Cl2N2O8S2/c1-7-41-31-18-16-25(51(44,45)46)21-28(31)38(5,6)33(41)12-11-13-34-37(3,4)27-20-24(2)15-17-32(27)42(34)19-10-8-9-14-35(43)50-36-29(39)22-26(23-30(36)40)52(47,48)49/h11-13,15-18,20-23H,7-10,14,19H2,1-6H3,(H-,44,45,46,47,48,49)/p+1. The van der Waals surface area contributed by atoms with Gasteiger partial charge in [0.1, 0.15) is 6.54 Å². The zero-order valence-electron chi connectivity index (χ0n) is 29.9. The molecule has 0 amide bonds. The zero-order chi connectivity index (χ0) is 38.4. The maximum absolute atomic E-state index is 12.6. The summed E-state index contributed by atoms with van der Waals surface area (Å²) < 4.78 is 73.3. The lowest BCUT2D eigenvalue weighted by molar-refractivity contribution is -0.438. The maximum atomic E-state index is 12.6. The van der Waals surface area contributed by atoms with Crippen molar-refractivity contribution >= 4 is 66.5 Å². The highest BCUT2D eigenvalue weighted by molar-refractivity contribution is 7.86. The average molecular weight is 791 g/mol. The normalized spacial score (nSPS) is 17.3. The lowest BCUT2D eigenvalue weighted by Crippen LogP contribution is -2.28. The zero-order valence-corrected chi connectivity index (χ0v) is 33.0. The van der Waals surface area contributed by atoms with Crippen molar-refractivity contribution < 1.29 is 40.0 Å². The van der Waals surface area contributed by atoms with Crippen LogP contribution in [-0.2, 0) is 35.9 Å². The Balaban J connectivity index is 1.33. The van der Waals surface area contributed by atoms with E-state index in [1.165, 1.54) is 17.2 Å². The summed E-state index contributed by atoms with van der Waals surface area (Å²) in [6.45, 7) is 14.0. The van der Waals surface area contributed by atoms with Crippen LogP contribution in [0, 0.1) is 6.92 Å². The molecule has 2 aliphatic heterocycles. The van der Waals surface area contributed by atoms with Gasteiger partial charge in [0.25, 0.3) is 20.2 Å². The van der Waals surface area contributed by atoms with Crippen LogP contribution in [0.3, 0.4) is 0 Å². The molecule has 3 aromatic carbocycles. The summed E-state index contributed by atoms with van der Waals surface area (Å²) in [4.78, 5) is 14.2. The van der Waals surface area contributed by atoms with Crippen LogP contribution < -0.4 is 9.64 Å². The van der Waals surface area contributed by atoms with E-state index in [0.29, 0.717) is 19.5 Å². The van der Waals surface area contributed by atoms with Crippen LogP contribution >= 0.6 is 23.2 Å². The highest BCUT2D eigenvalue weighted by atomic mass is 35.5. The molecule has 0 fully saturated rings. The monoisotopic (exact) mass is 789 g/mol. The number of ether oxygens (including phenoxy) is 1. The number of likely N-dealkylation sites (N-methyl/N-ethyl adjacent to an activating group) is 1. The van der Waals surface area contributed by atoms with Crippen molar-refractivity contribution in [3.8, 4) is 5.75 Å². The van der Waals surface area contributed by atoms with E-state index < -0.39 is 36.5 Å². The molecule has 3 aromatic rings. The van der Waals surface area contributed by atoms with Gasteiger partial charge in [-0.2, -0.15) is 21.4 Å². The number of allylic oxidation sites excluding steroid dienone is 4. The van der Waals surface area contributed by atoms with Crippen molar-refractivity contribution in [3.63, 3.8) is 0 Å². The fourth-order valence-electron chi connectivity index (χ4n) is 7.08. The van der Waals surface area contributed by atoms with Gasteiger partial charge < -0.3 is 9.64 Å². The Morgan fingerprint density at radius 2 is 1.52 bits per heavy atom. The molecule has 52 heavy (non-hydrogen) atoms. The Bertz CT molecular complexity index is 2240.